The van der Waals surface area contributed by atoms with Gasteiger partial charge in [-0.25, -0.2) is 0 Å². The van der Waals surface area contributed by atoms with Crippen LogP contribution in [0.4, 0.5) is 5.69 Å². The second-order valence-electron chi connectivity index (χ2n) is 6.42. The van der Waals surface area contributed by atoms with Crippen LogP contribution in [0.5, 0.6) is 0 Å². The molecule has 0 fully saturated rings. The van der Waals surface area contributed by atoms with Gasteiger partial charge < -0.3 is 10.1 Å². The van der Waals surface area contributed by atoms with E-state index in [9.17, 15) is 0 Å². The second-order valence-corrected chi connectivity index (χ2v) is 6.42. The summed E-state index contributed by atoms with van der Waals surface area (Å²) in [6, 6.07) is 8.80. The predicted molar refractivity (Wildman–Crippen MR) is 102 cm³/mol. The van der Waals surface area contributed by atoms with E-state index < -0.39 is 0 Å². The summed E-state index contributed by atoms with van der Waals surface area (Å²) in [7, 11) is 0. The van der Waals surface area contributed by atoms with Gasteiger partial charge in [-0.1, -0.05) is 64.2 Å². The maximum Gasteiger partial charge on any atom is 0.0466 e. The molecule has 0 saturated heterocycles. The number of rotatable bonds is 15. The monoisotopic (exact) mass is 319 g/mol. The highest BCUT2D eigenvalue weighted by molar-refractivity contribution is 5.51. The SMILES string of the molecule is CCCCCc1ccccc1NCCCCCCCOCCC. The smallest absolute Gasteiger partial charge is 0.0466 e. The van der Waals surface area contributed by atoms with Crippen LogP contribution in [0, 0.1) is 0 Å². The zero-order valence-corrected chi connectivity index (χ0v) is 15.4. The normalized spacial score (nSPS) is 10.9. The molecule has 0 radical (unpaired) electrons. The third kappa shape index (κ3) is 10.4. The lowest BCUT2D eigenvalue weighted by atomic mass is 10.1. The van der Waals surface area contributed by atoms with Crippen LogP contribution in [-0.2, 0) is 11.2 Å². The fourth-order valence-corrected chi connectivity index (χ4v) is 2.81. The quantitative estimate of drug-likeness (QED) is 0.388. The highest BCUT2D eigenvalue weighted by atomic mass is 16.5. The maximum absolute atomic E-state index is 5.51. The van der Waals surface area contributed by atoms with Crippen molar-refractivity contribution in [3.05, 3.63) is 29.8 Å². The van der Waals surface area contributed by atoms with E-state index in [2.05, 4.69) is 43.4 Å². The zero-order chi connectivity index (χ0) is 16.6. The molecule has 0 saturated carbocycles. The molecule has 2 heteroatoms. The standard InChI is InChI=1S/C21H37NO/c1-3-5-9-14-20-15-10-11-16-21(20)22-17-12-7-6-8-13-19-23-18-4-2/h10-11,15-16,22H,3-9,12-14,17-19H2,1-2H3. The average molecular weight is 320 g/mol. The van der Waals surface area contributed by atoms with E-state index in [1.807, 2.05) is 0 Å². The van der Waals surface area contributed by atoms with Gasteiger partial charge in [-0.05, 0) is 43.7 Å². The van der Waals surface area contributed by atoms with E-state index in [0.717, 1.165) is 26.2 Å². The molecule has 0 aliphatic rings. The van der Waals surface area contributed by atoms with Gasteiger partial charge >= 0.3 is 0 Å². The molecule has 0 aliphatic carbocycles. The number of hydrogen-bond donors (Lipinski definition) is 1. The van der Waals surface area contributed by atoms with Crippen LogP contribution in [0.15, 0.2) is 24.3 Å². The number of para-hydroxylation sites is 1. The van der Waals surface area contributed by atoms with Gasteiger partial charge in [0.15, 0.2) is 0 Å². The fraction of sp³-hybridized carbons (Fsp3) is 0.714. The summed E-state index contributed by atoms with van der Waals surface area (Å²) in [5, 5.41) is 3.63. The largest absolute Gasteiger partial charge is 0.385 e. The molecular formula is C21H37NO. The van der Waals surface area contributed by atoms with Gasteiger partial charge in [0, 0.05) is 25.4 Å². The Balaban J connectivity index is 2.07. The summed E-state index contributed by atoms with van der Waals surface area (Å²) in [4.78, 5) is 0. The van der Waals surface area contributed by atoms with Crippen molar-refractivity contribution in [1.29, 1.82) is 0 Å². The first-order chi connectivity index (χ1) is 11.4. The topological polar surface area (TPSA) is 21.3 Å². The Bertz CT molecular complexity index is 378. The minimum Gasteiger partial charge on any atom is -0.385 e. The van der Waals surface area contributed by atoms with E-state index in [1.54, 1.807) is 0 Å². The molecule has 2 nitrogen and oxygen atoms in total. The van der Waals surface area contributed by atoms with Gasteiger partial charge in [0.05, 0.1) is 0 Å². The van der Waals surface area contributed by atoms with E-state index in [1.165, 1.54) is 69.0 Å². The molecule has 0 atom stereocenters. The highest BCUT2D eigenvalue weighted by Gasteiger charge is 2.01. The van der Waals surface area contributed by atoms with Crippen LogP contribution in [0.2, 0.25) is 0 Å². The minimum atomic E-state index is 0.918. The highest BCUT2D eigenvalue weighted by Crippen LogP contribution is 2.18. The molecule has 1 rings (SSSR count). The van der Waals surface area contributed by atoms with Gasteiger partial charge in [0.1, 0.15) is 0 Å². The Hall–Kier alpha value is -1.02. The number of benzene rings is 1. The van der Waals surface area contributed by atoms with Crippen molar-refractivity contribution in [3.63, 3.8) is 0 Å². The van der Waals surface area contributed by atoms with E-state index in [4.69, 9.17) is 4.74 Å². The van der Waals surface area contributed by atoms with E-state index >= 15 is 0 Å². The molecule has 23 heavy (non-hydrogen) atoms. The van der Waals surface area contributed by atoms with Crippen LogP contribution in [0.25, 0.3) is 0 Å². The number of ether oxygens (including phenoxy) is 1. The van der Waals surface area contributed by atoms with Crippen LogP contribution >= 0.6 is 0 Å². The molecule has 0 bridgehead atoms. The minimum absolute atomic E-state index is 0.918. The maximum atomic E-state index is 5.51. The van der Waals surface area contributed by atoms with E-state index in [0.29, 0.717) is 0 Å². The van der Waals surface area contributed by atoms with Gasteiger partial charge in [-0.15, -0.1) is 0 Å². The van der Waals surface area contributed by atoms with E-state index in [-0.39, 0.29) is 0 Å². The summed E-state index contributed by atoms with van der Waals surface area (Å²) in [6.07, 6.45) is 12.7. The first-order valence-corrected chi connectivity index (χ1v) is 9.78. The molecule has 1 N–H and O–H groups in total. The van der Waals surface area contributed by atoms with Gasteiger partial charge in [-0.3, -0.25) is 0 Å². The molecular weight excluding hydrogens is 282 g/mol. The lowest BCUT2D eigenvalue weighted by Crippen LogP contribution is -2.04. The third-order valence-corrected chi connectivity index (χ3v) is 4.20. The van der Waals surface area contributed by atoms with Crippen molar-refractivity contribution in [2.45, 2.75) is 78.1 Å². The summed E-state index contributed by atoms with van der Waals surface area (Å²) >= 11 is 0. The number of aryl methyl sites for hydroxylation is 1. The molecule has 0 heterocycles. The first-order valence-electron chi connectivity index (χ1n) is 9.78. The summed E-state index contributed by atoms with van der Waals surface area (Å²) in [6.45, 7) is 7.38. The number of anilines is 1. The van der Waals surface area contributed by atoms with Gasteiger partial charge in [0.2, 0.25) is 0 Å². The molecule has 0 amide bonds. The summed E-state index contributed by atoms with van der Waals surface area (Å²) in [5.74, 6) is 0. The third-order valence-electron chi connectivity index (χ3n) is 4.20. The van der Waals surface area contributed by atoms with Crippen molar-refractivity contribution < 1.29 is 4.74 Å². The van der Waals surface area contributed by atoms with Crippen LogP contribution in [0.1, 0.15) is 77.2 Å². The molecule has 0 spiro atoms. The summed E-state index contributed by atoms with van der Waals surface area (Å²) in [5.41, 5.74) is 2.82. The zero-order valence-electron chi connectivity index (χ0n) is 15.4. The van der Waals surface area contributed by atoms with Crippen molar-refractivity contribution in [2.75, 3.05) is 25.1 Å². The van der Waals surface area contributed by atoms with Crippen molar-refractivity contribution >= 4 is 5.69 Å². The lowest BCUT2D eigenvalue weighted by molar-refractivity contribution is 0.130. The molecule has 1 aromatic carbocycles. The van der Waals surface area contributed by atoms with Crippen molar-refractivity contribution in [1.82, 2.24) is 0 Å². The molecule has 0 aromatic heterocycles. The van der Waals surface area contributed by atoms with Crippen LogP contribution < -0.4 is 5.32 Å². The molecule has 0 unspecified atom stereocenters. The van der Waals surface area contributed by atoms with Gasteiger partial charge in [-0.2, -0.15) is 0 Å². The van der Waals surface area contributed by atoms with Crippen molar-refractivity contribution in [2.24, 2.45) is 0 Å². The Morgan fingerprint density at radius 1 is 0.783 bits per heavy atom. The Morgan fingerprint density at radius 3 is 2.39 bits per heavy atom. The predicted octanol–water partition coefficient (Wildman–Crippen LogP) is 6.21. The Labute approximate surface area is 144 Å². The van der Waals surface area contributed by atoms with Gasteiger partial charge in [0.25, 0.3) is 0 Å². The fourth-order valence-electron chi connectivity index (χ4n) is 2.81. The lowest BCUT2D eigenvalue weighted by Gasteiger charge is -2.12. The Morgan fingerprint density at radius 2 is 1.57 bits per heavy atom. The first kappa shape index (κ1) is 20.0. The van der Waals surface area contributed by atoms with Crippen LogP contribution in [0.3, 0.4) is 0 Å². The number of unbranched alkanes of at least 4 members (excludes halogenated alkanes) is 6. The second kappa shape index (κ2) is 14.6. The average Bonchev–Trinajstić information content (AvgIpc) is 2.58. The summed E-state index contributed by atoms with van der Waals surface area (Å²) < 4.78 is 5.51. The Kier molecular flexibility index (Phi) is 12.7. The molecule has 0 aliphatic heterocycles. The van der Waals surface area contributed by atoms with Crippen LogP contribution in [-0.4, -0.2) is 19.8 Å². The number of nitrogens with one attached hydrogen (secondary N) is 1. The molecule has 132 valence electrons. The number of hydrogen-bond acceptors (Lipinski definition) is 2. The molecule has 1 aromatic rings. The van der Waals surface area contributed by atoms with Crippen molar-refractivity contribution in [3.8, 4) is 0 Å².